The first-order valence-corrected chi connectivity index (χ1v) is 26.8. The lowest BCUT2D eigenvalue weighted by atomic mass is 9.56. The second kappa shape index (κ2) is 28.2. The van der Waals surface area contributed by atoms with E-state index in [1.807, 2.05) is 42.1 Å². The van der Waals surface area contributed by atoms with E-state index in [0.717, 1.165) is 98.8 Å². The fourth-order valence-corrected chi connectivity index (χ4v) is 12.2. The maximum absolute atomic E-state index is 11.7. The Hall–Kier alpha value is -3.15. The first-order chi connectivity index (χ1) is 32.0. The van der Waals surface area contributed by atoms with Crippen LogP contribution in [0.2, 0.25) is 0 Å². The summed E-state index contributed by atoms with van der Waals surface area (Å²) in [4.78, 5) is 18.0. The Bertz CT molecular complexity index is 1780. The van der Waals surface area contributed by atoms with Gasteiger partial charge in [0.05, 0.1) is 30.1 Å². The topological polar surface area (TPSA) is 116 Å². The summed E-state index contributed by atoms with van der Waals surface area (Å²) in [5.74, 6) is 2.16. The second-order valence-corrected chi connectivity index (χ2v) is 20.2. The number of carbonyl (C=O) groups is 1. The number of carbonyl (C=O) groups excluding carboxylic acids is 1. The van der Waals surface area contributed by atoms with Crippen molar-refractivity contribution in [1.29, 1.82) is 0 Å². The minimum Gasteiger partial charge on any atom is -0.460 e. The largest absolute Gasteiger partial charge is 0.460 e. The van der Waals surface area contributed by atoms with Gasteiger partial charge in [-0.25, -0.2) is 0 Å². The molecule has 6 rings (SSSR count). The van der Waals surface area contributed by atoms with Gasteiger partial charge in [0.25, 0.3) is 0 Å². The third-order valence-electron chi connectivity index (χ3n) is 14.1. The van der Waals surface area contributed by atoms with Crippen molar-refractivity contribution in [2.24, 2.45) is 22.9 Å². The molecule has 1 saturated carbocycles. The number of thioether (sulfide) groups is 1. The summed E-state index contributed by atoms with van der Waals surface area (Å²) in [7, 11) is 0. The molecule has 1 saturated heterocycles. The van der Waals surface area contributed by atoms with E-state index in [1.165, 1.54) is 83.5 Å². The number of hydrogen-bond donors (Lipinski definition) is 2. The highest BCUT2D eigenvalue weighted by Gasteiger charge is 2.64. The Labute approximate surface area is 395 Å². The molecule has 9 nitrogen and oxygen atoms in total. The molecule has 2 heterocycles. The number of allylic oxidation sites excluding steroid dienone is 1. The van der Waals surface area contributed by atoms with E-state index in [-0.39, 0.29) is 48.4 Å². The zero-order valence-corrected chi connectivity index (χ0v) is 40.5. The standard InChI is InChI=1S/C55H81NO8S/c1-3-5-6-7-8-9-10-11-12-13-14-15-16-23-36-65-51-40-49(56-64-52-29-19-22-35-60-52)47-38-43(26-17-20-32-57)46(28-18-21-33-58)53-48-39-45(62-44-27-24-25-42(37-44)41-59)30-31-50(48)63-55(51,54(47)53)61-34-4-2/h4,24-25,27,30-31,37-39,41,43,46,51-54,57-58H,2-3,5-23,26,28-29,32-36,40H2,1H3/t43-,46+,51-,52?,53+,54+,55+/m0/s1. The maximum Gasteiger partial charge on any atom is 0.230 e. The summed E-state index contributed by atoms with van der Waals surface area (Å²) in [6.45, 7) is 7.71. The van der Waals surface area contributed by atoms with E-state index < -0.39 is 5.79 Å². The van der Waals surface area contributed by atoms with Crippen LogP contribution in [0.4, 0.5) is 0 Å². The van der Waals surface area contributed by atoms with Crippen LogP contribution in [0, 0.1) is 17.8 Å². The van der Waals surface area contributed by atoms with Crippen LogP contribution in [0.5, 0.6) is 17.2 Å². The third kappa shape index (κ3) is 14.7. The van der Waals surface area contributed by atoms with Gasteiger partial charge in [-0.15, -0.1) is 6.58 Å². The number of unbranched alkanes of at least 4 members (excludes halogenated alkanes) is 15. The van der Waals surface area contributed by atoms with Gasteiger partial charge in [-0.2, -0.15) is 11.8 Å². The molecule has 2 aliphatic heterocycles. The van der Waals surface area contributed by atoms with Crippen molar-refractivity contribution in [3.63, 3.8) is 0 Å². The van der Waals surface area contributed by atoms with Crippen molar-refractivity contribution in [3.05, 3.63) is 77.9 Å². The summed E-state index contributed by atoms with van der Waals surface area (Å²) < 4.78 is 27.1. The van der Waals surface area contributed by atoms with Crippen LogP contribution < -0.4 is 9.47 Å². The van der Waals surface area contributed by atoms with Crippen LogP contribution in [0.1, 0.15) is 183 Å². The Morgan fingerprint density at radius 1 is 0.846 bits per heavy atom. The number of ether oxygens (including phenoxy) is 4. The molecule has 360 valence electrons. The molecule has 2 aliphatic carbocycles. The van der Waals surface area contributed by atoms with E-state index in [2.05, 4.69) is 25.6 Å². The number of fused-ring (bicyclic) bond motifs is 2. The lowest BCUT2D eigenvalue weighted by Crippen LogP contribution is -2.64. The highest BCUT2D eigenvalue weighted by Crippen LogP contribution is 2.63. The van der Waals surface area contributed by atoms with Gasteiger partial charge in [0.2, 0.25) is 12.1 Å². The average Bonchev–Trinajstić information content (AvgIpc) is 3.33. The molecule has 2 fully saturated rings. The quantitative estimate of drug-likeness (QED) is 0.0320. The molecule has 0 amide bonds. The molecule has 0 spiro atoms. The lowest BCUT2D eigenvalue weighted by Gasteiger charge is -2.58. The van der Waals surface area contributed by atoms with Gasteiger partial charge in [-0.05, 0) is 98.4 Å². The van der Waals surface area contributed by atoms with Gasteiger partial charge in [-0.3, -0.25) is 4.79 Å². The lowest BCUT2D eigenvalue weighted by molar-refractivity contribution is -0.223. The first kappa shape index (κ1) is 51.2. The Balaban J connectivity index is 1.29. The molecule has 0 radical (unpaired) electrons. The van der Waals surface area contributed by atoms with Crippen LogP contribution >= 0.6 is 11.8 Å². The molecule has 2 aromatic rings. The monoisotopic (exact) mass is 916 g/mol. The Morgan fingerprint density at radius 3 is 2.23 bits per heavy atom. The molecule has 0 bridgehead atoms. The summed E-state index contributed by atoms with van der Waals surface area (Å²) in [5, 5.41) is 24.9. The minimum atomic E-state index is -1.01. The van der Waals surface area contributed by atoms with Gasteiger partial charge in [0, 0.05) is 43.1 Å². The fourth-order valence-electron chi connectivity index (χ4n) is 10.8. The van der Waals surface area contributed by atoms with Crippen LogP contribution in [0.3, 0.4) is 0 Å². The van der Waals surface area contributed by atoms with Crippen LogP contribution in [0.15, 0.2) is 71.9 Å². The SMILES string of the molecule is C=CCO[C@@]12Oc3ccc(Oc4cccc(C=O)c4)cc3[C@H]3[C@H](CCCCO)[C@@H](CCCCO)C=C(C(=NOC4CCCCO4)C[C@@H]1SCCCCCCCCCCCCCCCC)[C@H]32. The second-order valence-electron chi connectivity index (χ2n) is 18.9. The highest BCUT2D eigenvalue weighted by molar-refractivity contribution is 8.00. The van der Waals surface area contributed by atoms with Crippen molar-refractivity contribution in [2.75, 3.05) is 32.2 Å². The number of benzene rings is 2. The van der Waals surface area contributed by atoms with Crippen molar-refractivity contribution in [1.82, 2.24) is 0 Å². The number of nitrogens with zero attached hydrogens (tertiary/aromatic N) is 1. The van der Waals surface area contributed by atoms with Crippen molar-refractivity contribution in [3.8, 4) is 17.2 Å². The Kier molecular flexibility index (Phi) is 22.3. The number of hydrogen-bond acceptors (Lipinski definition) is 10. The zero-order valence-electron chi connectivity index (χ0n) is 39.7. The molecule has 65 heavy (non-hydrogen) atoms. The molecular weight excluding hydrogens is 835 g/mol. The number of rotatable bonds is 32. The number of aliphatic hydroxyl groups is 2. The van der Waals surface area contributed by atoms with Crippen LogP contribution in [0.25, 0.3) is 0 Å². The molecule has 4 aliphatic rings. The predicted octanol–water partition coefficient (Wildman–Crippen LogP) is 13.7. The molecule has 0 aromatic heterocycles. The number of aldehydes is 1. The fraction of sp³-hybridized carbons (Fsp3) is 0.673. The van der Waals surface area contributed by atoms with Crippen molar-refractivity contribution >= 4 is 23.8 Å². The third-order valence-corrected chi connectivity index (χ3v) is 15.5. The van der Waals surface area contributed by atoms with Gasteiger partial charge in [0.1, 0.15) is 23.5 Å². The summed E-state index contributed by atoms with van der Waals surface area (Å²) in [6.07, 6.45) is 32.0. The van der Waals surface area contributed by atoms with Gasteiger partial charge < -0.3 is 34.0 Å². The number of aliphatic hydroxyl groups excluding tert-OH is 2. The maximum atomic E-state index is 11.7. The van der Waals surface area contributed by atoms with E-state index in [0.29, 0.717) is 36.7 Å². The van der Waals surface area contributed by atoms with E-state index >= 15 is 0 Å². The molecule has 10 heteroatoms. The first-order valence-electron chi connectivity index (χ1n) is 25.8. The number of oxime groups is 1. The zero-order chi connectivity index (χ0) is 45.5. The van der Waals surface area contributed by atoms with Crippen molar-refractivity contribution < 1.29 is 38.8 Å². The van der Waals surface area contributed by atoms with Gasteiger partial charge in [-0.1, -0.05) is 133 Å². The summed E-state index contributed by atoms with van der Waals surface area (Å²) in [6, 6.07) is 13.4. The minimum absolute atomic E-state index is 0.0353. The van der Waals surface area contributed by atoms with Crippen molar-refractivity contribution in [2.45, 2.75) is 184 Å². The van der Waals surface area contributed by atoms with E-state index in [4.69, 9.17) is 28.9 Å². The van der Waals surface area contributed by atoms with Crippen LogP contribution in [-0.4, -0.2) is 71.7 Å². The molecule has 1 unspecified atom stereocenters. The molecule has 2 aromatic carbocycles. The van der Waals surface area contributed by atoms with E-state index in [1.54, 1.807) is 12.1 Å². The average molecular weight is 916 g/mol. The molecular formula is C55H81NO8S. The normalized spacial score (nSPS) is 25.3. The molecule has 7 atom stereocenters. The summed E-state index contributed by atoms with van der Waals surface area (Å²) >= 11 is 1.95. The highest BCUT2D eigenvalue weighted by atomic mass is 32.2. The van der Waals surface area contributed by atoms with E-state index in [9.17, 15) is 15.0 Å². The Morgan fingerprint density at radius 2 is 1.55 bits per heavy atom. The van der Waals surface area contributed by atoms with Gasteiger partial charge in [0.15, 0.2) is 0 Å². The van der Waals surface area contributed by atoms with Gasteiger partial charge >= 0.3 is 0 Å². The smallest absolute Gasteiger partial charge is 0.230 e. The summed E-state index contributed by atoms with van der Waals surface area (Å²) in [5.41, 5.74) is 3.68. The molecule has 2 N–H and O–H groups in total. The predicted molar refractivity (Wildman–Crippen MR) is 264 cm³/mol. The van der Waals surface area contributed by atoms with Crippen LogP contribution in [-0.2, 0) is 14.3 Å².